The number of hydrogen-bond acceptors (Lipinski definition) is 5. The zero-order valence-electron chi connectivity index (χ0n) is 17.8. The lowest BCUT2D eigenvalue weighted by atomic mass is 10.1. The van der Waals surface area contributed by atoms with E-state index in [2.05, 4.69) is 18.7 Å². The molecule has 0 saturated carbocycles. The lowest BCUT2D eigenvalue weighted by Gasteiger charge is -2.26. The molecule has 0 aliphatic heterocycles. The highest BCUT2D eigenvalue weighted by molar-refractivity contribution is 5.96. The summed E-state index contributed by atoms with van der Waals surface area (Å²) in [6, 6.07) is 17.4. The van der Waals surface area contributed by atoms with Gasteiger partial charge in [0.15, 0.2) is 5.76 Å². The molecular weight excluding hydrogens is 395 g/mol. The number of halogens is 1. The van der Waals surface area contributed by atoms with E-state index >= 15 is 0 Å². The Morgan fingerprint density at radius 2 is 1.74 bits per heavy atom. The Morgan fingerprint density at radius 1 is 1.03 bits per heavy atom. The number of anilines is 1. The zero-order valence-corrected chi connectivity index (χ0v) is 17.8. The first-order valence-corrected chi connectivity index (χ1v) is 9.99. The van der Waals surface area contributed by atoms with Crippen LogP contribution in [0.1, 0.15) is 24.2 Å². The molecule has 6 heteroatoms. The number of nitrogens with zero attached hydrogens (tertiary/aromatic N) is 2. The molecule has 0 unspecified atom stereocenters. The maximum absolute atomic E-state index is 13.3. The van der Waals surface area contributed by atoms with Gasteiger partial charge < -0.3 is 14.1 Å². The quantitative estimate of drug-likeness (QED) is 0.376. The fourth-order valence-corrected chi connectivity index (χ4v) is 3.37. The normalized spacial score (nSPS) is 11.2. The third kappa shape index (κ3) is 4.01. The second kappa shape index (κ2) is 8.22. The van der Waals surface area contributed by atoms with E-state index in [4.69, 9.17) is 14.1 Å². The van der Waals surface area contributed by atoms with Gasteiger partial charge in [0.05, 0.1) is 23.9 Å². The van der Waals surface area contributed by atoms with Crippen LogP contribution in [0.5, 0.6) is 0 Å². The van der Waals surface area contributed by atoms with Gasteiger partial charge in [0.25, 0.3) is 0 Å². The third-order valence-corrected chi connectivity index (χ3v) is 5.34. The Labute approximate surface area is 180 Å². The summed E-state index contributed by atoms with van der Waals surface area (Å²) in [6.07, 6.45) is 0. The fourth-order valence-electron chi connectivity index (χ4n) is 3.37. The molecule has 2 heterocycles. The summed E-state index contributed by atoms with van der Waals surface area (Å²) >= 11 is 0. The number of benzene rings is 2. The summed E-state index contributed by atoms with van der Waals surface area (Å²) in [5, 5.41) is 0.833. The lowest BCUT2D eigenvalue weighted by Crippen LogP contribution is -2.26. The van der Waals surface area contributed by atoms with E-state index in [0.29, 0.717) is 22.8 Å². The lowest BCUT2D eigenvalue weighted by molar-refractivity contribution is 0.0601. The van der Waals surface area contributed by atoms with Gasteiger partial charge in [0.2, 0.25) is 0 Å². The largest absolute Gasteiger partial charge is 0.465 e. The summed E-state index contributed by atoms with van der Waals surface area (Å²) in [5.41, 5.74) is 3.57. The van der Waals surface area contributed by atoms with E-state index in [-0.39, 0.29) is 17.8 Å². The maximum atomic E-state index is 13.3. The number of ether oxygens (including phenoxy) is 1. The van der Waals surface area contributed by atoms with Crippen molar-refractivity contribution >= 4 is 22.6 Å². The molecule has 0 amide bonds. The number of hydrogen-bond donors (Lipinski definition) is 0. The predicted molar refractivity (Wildman–Crippen MR) is 120 cm³/mol. The molecule has 4 aromatic rings. The van der Waals surface area contributed by atoms with E-state index < -0.39 is 0 Å². The van der Waals surface area contributed by atoms with Crippen molar-refractivity contribution < 1.29 is 18.3 Å². The molecule has 31 heavy (non-hydrogen) atoms. The molecule has 0 N–H and O–H groups in total. The molecule has 158 valence electrons. The minimum atomic E-state index is -0.389. The second-order valence-electron chi connectivity index (χ2n) is 7.63. The first-order chi connectivity index (χ1) is 14.9. The van der Waals surface area contributed by atoms with Crippen LogP contribution in [0.25, 0.3) is 33.7 Å². The van der Waals surface area contributed by atoms with Gasteiger partial charge >= 0.3 is 5.97 Å². The topological polar surface area (TPSA) is 55.6 Å². The number of methoxy groups -OCH3 is 1. The van der Waals surface area contributed by atoms with Crippen molar-refractivity contribution in [3.05, 3.63) is 72.0 Å². The average molecular weight is 418 g/mol. The molecule has 0 aliphatic carbocycles. The molecule has 2 aromatic heterocycles. The Morgan fingerprint density at radius 3 is 2.42 bits per heavy atom. The third-order valence-electron chi connectivity index (χ3n) is 5.34. The van der Waals surface area contributed by atoms with E-state index in [9.17, 15) is 9.18 Å². The minimum Gasteiger partial charge on any atom is -0.465 e. The van der Waals surface area contributed by atoms with Crippen LogP contribution < -0.4 is 4.90 Å². The van der Waals surface area contributed by atoms with E-state index in [1.807, 2.05) is 25.2 Å². The van der Waals surface area contributed by atoms with Crippen LogP contribution in [0.15, 0.2) is 65.1 Å². The van der Waals surface area contributed by atoms with Crippen molar-refractivity contribution in [2.24, 2.45) is 0 Å². The smallest absolute Gasteiger partial charge is 0.337 e. The Hall–Kier alpha value is -3.67. The van der Waals surface area contributed by atoms with Crippen LogP contribution in [-0.2, 0) is 4.74 Å². The second-order valence-corrected chi connectivity index (χ2v) is 7.63. The number of carbonyl (C=O) groups excluding carboxylic acids is 1. The number of aromatic nitrogens is 1. The van der Waals surface area contributed by atoms with Gasteiger partial charge in [-0.3, -0.25) is 0 Å². The summed E-state index contributed by atoms with van der Waals surface area (Å²) in [4.78, 5) is 18.9. The molecule has 0 aliphatic rings. The molecule has 0 radical (unpaired) electrons. The van der Waals surface area contributed by atoms with E-state index in [1.54, 1.807) is 30.3 Å². The molecule has 2 aromatic carbocycles. The van der Waals surface area contributed by atoms with Gasteiger partial charge in [-0.2, -0.15) is 0 Å². The zero-order chi connectivity index (χ0) is 22.1. The highest BCUT2D eigenvalue weighted by Crippen LogP contribution is 2.36. The molecule has 0 spiro atoms. The van der Waals surface area contributed by atoms with Gasteiger partial charge in [0.1, 0.15) is 17.3 Å². The standard InChI is InChI=1S/C25H23FN2O3/c1-15(2)28(3)21-14-18-13-17(25(29)30-4)7-10-20(18)27-24(21)23-12-11-22(31-23)16-5-8-19(26)9-6-16/h5-15H,1-4H3. The number of carbonyl (C=O) groups is 1. The minimum absolute atomic E-state index is 0.216. The molecule has 5 nitrogen and oxygen atoms in total. The van der Waals surface area contributed by atoms with Crippen LogP contribution in [0.2, 0.25) is 0 Å². The van der Waals surface area contributed by atoms with Gasteiger partial charge in [-0.25, -0.2) is 14.2 Å². The van der Waals surface area contributed by atoms with E-state index in [1.165, 1.54) is 19.2 Å². The van der Waals surface area contributed by atoms with Crippen molar-refractivity contribution in [1.29, 1.82) is 0 Å². The maximum Gasteiger partial charge on any atom is 0.337 e. The molecule has 0 fully saturated rings. The van der Waals surface area contributed by atoms with Gasteiger partial charge in [0, 0.05) is 24.0 Å². The molecule has 0 bridgehead atoms. The highest BCUT2D eigenvalue weighted by atomic mass is 19.1. The van der Waals surface area contributed by atoms with Gasteiger partial charge in [-0.05, 0) is 74.5 Å². The first-order valence-electron chi connectivity index (χ1n) is 9.99. The first kappa shape index (κ1) is 20.6. The van der Waals surface area contributed by atoms with Crippen molar-refractivity contribution in [2.45, 2.75) is 19.9 Å². The fraction of sp³-hybridized carbons (Fsp3) is 0.200. The summed E-state index contributed by atoms with van der Waals surface area (Å²) < 4.78 is 24.2. The number of esters is 1. The van der Waals surface area contributed by atoms with Crippen molar-refractivity contribution in [3.8, 4) is 22.8 Å². The monoisotopic (exact) mass is 418 g/mol. The van der Waals surface area contributed by atoms with Crippen LogP contribution in [-0.4, -0.2) is 31.2 Å². The molecule has 0 atom stereocenters. The average Bonchev–Trinajstić information content (AvgIpc) is 3.27. The predicted octanol–water partition coefficient (Wildman–Crippen LogP) is 5.93. The van der Waals surface area contributed by atoms with Crippen LogP contribution >= 0.6 is 0 Å². The summed E-state index contributed by atoms with van der Waals surface area (Å²) in [5.74, 6) is 0.565. The number of furan rings is 1. The molecule has 4 rings (SSSR count). The van der Waals surface area contributed by atoms with Gasteiger partial charge in [-0.1, -0.05) is 0 Å². The number of fused-ring (bicyclic) bond motifs is 1. The SMILES string of the molecule is COC(=O)c1ccc2nc(-c3ccc(-c4ccc(F)cc4)o3)c(N(C)C(C)C)cc2c1. The highest BCUT2D eigenvalue weighted by Gasteiger charge is 2.19. The van der Waals surface area contributed by atoms with E-state index in [0.717, 1.165) is 22.2 Å². The van der Waals surface area contributed by atoms with Gasteiger partial charge in [-0.15, -0.1) is 0 Å². The van der Waals surface area contributed by atoms with Crippen LogP contribution in [0.3, 0.4) is 0 Å². The van der Waals surface area contributed by atoms with Crippen molar-refractivity contribution in [2.75, 3.05) is 19.1 Å². The molecular formula is C25H23FN2O3. The Bertz CT molecular complexity index is 1250. The molecule has 0 saturated heterocycles. The van der Waals surface area contributed by atoms with Crippen molar-refractivity contribution in [1.82, 2.24) is 4.98 Å². The Kier molecular flexibility index (Phi) is 5.46. The Balaban J connectivity index is 1.85. The summed E-state index contributed by atoms with van der Waals surface area (Å²) in [7, 11) is 3.35. The van der Waals surface area contributed by atoms with Crippen LogP contribution in [0.4, 0.5) is 10.1 Å². The number of pyridine rings is 1. The van der Waals surface area contributed by atoms with Crippen LogP contribution in [0, 0.1) is 5.82 Å². The number of rotatable bonds is 5. The summed E-state index contributed by atoms with van der Waals surface area (Å²) in [6.45, 7) is 4.18. The van der Waals surface area contributed by atoms with Crippen molar-refractivity contribution in [3.63, 3.8) is 0 Å².